The van der Waals surface area contributed by atoms with Crippen LogP contribution < -0.4 is 15.2 Å². The van der Waals surface area contributed by atoms with Gasteiger partial charge in [-0.05, 0) is 48.5 Å². The average molecular weight is 469 g/mol. The van der Waals surface area contributed by atoms with E-state index in [9.17, 15) is 14.9 Å². The third kappa shape index (κ3) is 5.00. The van der Waals surface area contributed by atoms with Crippen molar-refractivity contribution in [2.24, 2.45) is 0 Å². The van der Waals surface area contributed by atoms with E-state index in [1.165, 1.54) is 0 Å². The number of ether oxygens (including phenoxy) is 1. The third-order valence-corrected chi connectivity index (χ3v) is 5.84. The summed E-state index contributed by atoms with van der Waals surface area (Å²) >= 11 is 1.10. The minimum absolute atomic E-state index is 0.0285. The monoisotopic (exact) mass is 468 g/mol. The zero-order valence-corrected chi connectivity index (χ0v) is 19.1. The number of methoxy groups -OCH3 is 1. The number of carbonyl (C=O) groups excluding carboxylic acids is 1. The van der Waals surface area contributed by atoms with E-state index in [0.717, 1.165) is 23.1 Å². The lowest BCUT2D eigenvalue weighted by atomic mass is 10.1. The summed E-state index contributed by atoms with van der Waals surface area (Å²) in [6.07, 6.45) is 0. The van der Waals surface area contributed by atoms with Gasteiger partial charge in [-0.1, -0.05) is 48.2 Å². The van der Waals surface area contributed by atoms with Crippen molar-refractivity contribution < 1.29 is 9.53 Å². The maximum absolute atomic E-state index is 13.3. The molecule has 0 fully saturated rings. The molecule has 4 rings (SSSR count). The predicted molar refractivity (Wildman–Crippen MR) is 132 cm³/mol. The lowest BCUT2D eigenvalue weighted by molar-refractivity contribution is -0.115. The minimum atomic E-state index is -0.554. The van der Waals surface area contributed by atoms with Gasteiger partial charge in [0, 0.05) is 16.9 Å². The number of thioether (sulfide) groups is 1. The van der Waals surface area contributed by atoms with Crippen molar-refractivity contribution in [2.45, 2.75) is 5.16 Å². The summed E-state index contributed by atoms with van der Waals surface area (Å²) in [6, 6.07) is 27.5. The summed E-state index contributed by atoms with van der Waals surface area (Å²) in [5.41, 5.74) is 1.69. The van der Waals surface area contributed by atoms with Crippen LogP contribution in [0.5, 0.6) is 5.75 Å². The van der Waals surface area contributed by atoms with Gasteiger partial charge < -0.3 is 9.72 Å². The number of nitriles is 1. The molecule has 34 heavy (non-hydrogen) atoms. The van der Waals surface area contributed by atoms with Crippen LogP contribution in [-0.2, 0) is 4.79 Å². The highest BCUT2D eigenvalue weighted by atomic mass is 32.2. The molecule has 1 heterocycles. The molecule has 1 aromatic heterocycles. The Balaban J connectivity index is 1.62. The van der Waals surface area contributed by atoms with Crippen molar-refractivity contribution in [2.75, 3.05) is 17.8 Å². The second-order valence-electron chi connectivity index (χ2n) is 7.12. The summed E-state index contributed by atoms with van der Waals surface area (Å²) in [5.74, 6) is 0.496. The van der Waals surface area contributed by atoms with Gasteiger partial charge >= 0.3 is 0 Å². The number of para-hydroxylation sites is 2. The van der Waals surface area contributed by atoms with E-state index in [0.29, 0.717) is 11.3 Å². The van der Waals surface area contributed by atoms with Gasteiger partial charge in [-0.3, -0.25) is 14.5 Å². The first-order valence-corrected chi connectivity index (χ1v) is 11.3. The molecule has 4 aromatic rings. The highest BCUT2D eigenvalue weighted by Gasteiger charge is 2.20. The molecule has 0 aliphatic carbocycles. The number of carbonyl (C=O) groups is 1. The number of aromatic nitrogens is 2. The Morgan fingerprint density at radius 1 is 1.00 bits per heavy atom. The summed E-state index contributed by atoms with van der Waals surface area (Å²) in [6.45, 7) is 0. The molecule has 0 unspecified atom stereocenters. The Morgan fingerprint density at radius 2 is 1.59 bits per heavy atom. The van der Waals surface area contributed by atoms with Crippen LogP contribution in [0, 0.1) is 11.3 Å². The second kappa shape index (κ2) is 10.5. The number of nitrogens with one attached hydrogen (secondary N) is 1. The van der Waals surface area contributed by atoms with Crippen molar-refractivity contribution in [1.29, 1.82) is 5.26 Å². The summed E-state index contributed by atoms with van der Waals surface area (Å²) < 4.78 is 5.17. The van der Waals surface area contributed by atoms with Gasteiger partial charge in [-0.25, -0.2) is 4.98 Å². The number of hydrogen-bond donors (Lipinski definition) is 1. The molecule has 0 spiro atoms. The van der Waals surface area contributed by atoms with E-state index >= 15 is 0 Å². The topological polar surface area (TPSA) is 99.1 Å². The van der Waals surface area contributed by atoms with E-state index in [1.807, 2.05) is 66.7 Å². The van der Waals surface area contributed by atoms with E-state index < -0.39 is 5.56 Å². The van der Waals surface area contributed by atoms with Crippen molar-refractivity contribution >= 4 is 29.0 Å². The number of nitrogens with zero attached hydrogens (tertiary/aromatic N) is 3. The van der Waals surface area contributed by atoms with E-state index in [-0.39, 0.29) is 28.1 Å². The normalized spacial score (nSPS) is 10.4. The van der Waals surface area contributed by atoms with Gasteiger partial charge in [0.05, 0.1) is 18.6 Å². The smallest absolute Gasteiger partial charge is 0.270 e. The number of hydrogen-bond acceptors (Lipinski definition) is 6. The Morgan fingerprint density at radius 3 is 2.12 bits per heavy atom. The van der Waals surface area contributed by atoms with Gasteiger partial charge in [0.2, 0.25) is 5.91 Å². The molecule has 7 nitrogen and oxygen atoms in total. The molecule has 3 aromatic carbocycles. The molecular weight excluding hydrogens is 448 g/mol. The fourth-order valence-electron chi connectivity index (χ4n) is 3.37. The molecule has 0 atom stereocenters. The standard InChI is InChI=1S/C26H20N4O3S/c1-33-21-14-12-18(13-15-21)24-22(16-27)25(32)29-26(28-24)34-17-23(31)30(19-8-4-2-5-9-19)20-10-6-3-7-11-20/h2-15H,17H2,1H3,(H,28,29,32). The molecule has 0 aliphatic rings. The molecule has 0 radical (unpaired) electrons. The van der Waals surface area contributed by atoms with E-state index in [2.05, 4.69) is 9.97 Å². The molecule has 1 amide bonds. The fourth-order valence-corrected chi connectivity index (χ4v) is 4.08. The molecule has 0 saturated heterocycles. The van der Waals surface area contributed by atoms with Crippen molar-refractivity contribution in [3.05, 3.63) is 101 Å². The van der Waals surface area contributed by atoms with Crippen LogP contribution in [0.25, 0.3) is 11.3 Å². The van der Waals surface area contributed by atoms with Gasteiger partial charge in [-0.2, -0.15) is 5.26 Å². The lowest BCUT2D eigenvalue weighted by Gasteiger charge is -2.22. The summed E-state index contributed by atoms with van der Waals surface area (Å²) in [4.78, 5) is 34.5. The first-order valence-electron chi connectivity index (χ1n) is 10.4. The molecule has 0 aliphatic heterocycles. The Labute approximate surface area is 200 Å². The fraction of sp³-hybridized carbons (Fsp3) is 0.0769. The quantitative estimate of drug-likeness (QED) is 0.310. The number of rotatable bonds is 7. The third-order valence-electron chi connectivity index (χ3n) is 4.98. The van der Waals surface area contributed by atoms with Gasteiger partial charge in [0.1, 0.15) is 17.4 Å². The average Bonchev–Trinajstić information content (AvgIpc) is 2.88. The largest absolute Gasteiger partial charge is 0.497 e. The first kappa shape index (κ1) is 22.8. The van der Waals surface area contributed by atoms with Crippen LogP contribution >= 0.6 is 11.8 Å². The van der Waals surface area contributed by atoms with Gasteiger partial charge in [0.25, 0.3) is 5.56 Å². The lowest BCUT2D eigenvalue weighted by Crippen LogP contribution is -2.27. The number of benzene rings is 3. The van der Waals surface area contributed by atoms with E-state index in [1.54, 1.807) is 36.3 Å². The van der Waals surface area contributed by atoms with Crippen LogP contribution in [0.4, 0.5) is 11.4 Å². The number of H-pyrrole nitrogens is 1. The van der Waals surface area contributed by atoms with E-state index in [4.69, 9.17) is 4.74 Å². The highest BCUT2D eigenvalue weighted by molar-refractivity contribution is 7.99. The zero-order chi connectivity index (χ0) is 23.9. The van der Waals surface area contributed by atoms with Crippen LogP contribution in [0.2, 0.25) is 0 Å². The SMILES string of the molecule is COc1ccc(-c2nc(SCC(=O)N(c3ccccc3)c3ccccc3)[nH]c(=O)c2C#N)cc1. The van der Waals surface area contributed by atoms with Gasteiger partial charge in [0.15, 0.2) is 5.16 Å². The first-order chi connectivity index (χ1) is 16.6. The molecular formula is C26H20N4O3S. The van der Waals surface area contributed by atoms with Crippen molar-refractivity contribution in [1.82, 2.24) is 9.97 Å². The van der Waals surface area contributed by atoms with Crippen LogP contribution in [0.15, 0.2) is 94.9 Å². The Bertz CT molecular complexity index is 1340. The Hall–Kier alpha value is -4.35. The summed E-state index contributed by atoms with van der Waals surface area (Å²) in [5, 5.41) is 9.75. The van der Waals surface area contributed by atoms with Crippen LogP contribution in [-0.4, -0.2) is 28.7 Å². The van der Waals surface area contributed by atoms with Crippen molar-refractivity contribution in [3.63, 3.8) is 0 Å². The highest BCUT2D eigenvalue weighted by Crippen LogP contribution is 2.28. The van der Waals surface area contributed by atoms with Gasteiger partial charge in [-0.15, -0.1) is 0 Å². The maximum atomic E-state index is 13.3. The second-order valence-corrected chi connectivity index (χ2v) is 8.09. The minimum Gasteiger partial charge on any atom is -0.497 e. The summed E-state index contributed by atoms with van der Waals surface area (Å²) in [7, 11) is 1.56. The molecule has 8 heteroatoms. The molecule has 0 bridgehead atoms. The van der Waals surface area contributed by atoms with Crippen LogP contribution in [0.3, 0.4) is 0 Å². The maximum Gasteiger partial charge on any atom is 0.270 e. The zero-order valence-electron chi connectivity index (χ0n) is 18.3. The number of amides is 1. The Kier molecular flexibility index (Phi) is 7.06. The molecule has 0 saturated carbocycles. The predicted octanol–water partition coefficient (Wildman–Crippen LogP) is 4.77. The van der Waals surface area contributed by atoms with Crippen molar-refractivity contribution in [3.8, 4) is 23.1 Å². The molecule has 1 N–H and O–H groups in total. The van der Waals surface area contributed by atoms with Crippen LogP contribution in [0.1, 0.15) is 5.56 Å². The number of anilines is 2. The number of aromatic amines is 1. The molecule has 168 valence electrons.